The minimum atomic E-state index is -0.481. The van der Waals surface area contributed by atoms with Gasteiger partial charge in [0.05, 0.1) is 18.4 Å². The molecule has 0 spiro atoms. The second-order valence-electron chi connectivity index (χ2n) is 8.58. The van der Waals surface area contributed by atoms with E-state index in [1.807, 2.05) is 34.7 Å². The molecular formula is C20H35FN4O3S. The number of hydrogen-bond acceptors (Lipinski definition) is 6. The van der Waals surface area contributed by atoms with Gasteiger partial charge in [0.25, 0.3) is 0 Å². The van der Waals surface area contributed by atoms with Crippen molar-refractivity contribution >= 4 is 18.4 Å². The highest BCUT2D eigenvalue weighted by Crippen LogP contribution is 2.27. The van der Waals surface area contributed by atoms with Crippen molar-refractivity contribution < 1.29 is 18.2 Å². The number of aryl methyl sites for hydroxylation is 1. The van der Waals surface area contributed by atoms with E-state index in [0.717, 1.165) is 30.5 Å². The molecule has 1 aromatic rings. The smallest absolute Gasteiger partial charge is 0.410 e. The van der Waals surface area contributed by atoms with Crippen LogP contribution in [0.2, 0.25) is 0 Å². The number of aromatic nitrogens is 2. The Balaban J connectivity index is 1.87. The van der Waals surface area contributed by atoms with E-state index in [-0.39, 0.29) is 36.5 Å². The normalized spacial score (nSPS) is 18.0. The van der Waals surface area contributed by atoms with Crippen LogP contribution >= 0.6 is 12.3 Å². The van der Waals surface area contributed by atoms with Crippen molar-refractivity contribution in [3.8, 4) is 0 Å². The molecule has 0 radical (unpaired) electrons. The average molecular weight is 431 g/mol. The van der Waals surface area contributed by atoms with Crippen LogP contribution in [0.1, 0.15) is 64.1 Å². The Morgan fingerprint density at radius 2 is 2.07 bits per heavy atom. The van der Waals surface area contributed by atoms with Crippen molar-refractivity contribution in [3.63, 3.8) is 0 Å². The minimum absolute atomic E-state index is 0.0792. The van der Waals surface area contributed by atoms with Gasteiger partial charge in [-0.2, -0.15) is 9.19 Å². The average Bonchev–Trinajstić information content (AvgIpc) is 3.04. The number of halogens is 1. The maximum Gasteiger partial charge on any atom is 0.410 e. The lowest BCUT2D eigenvalue weighted by atomic mass is 9.92. The lowest BCUT2D eigenvalue weighted by Crippen LogP contribution is -2.44. The molecule has 2 rings (SSSR count). The van der Waals surface area contributed by atoms with E-state index in [4.69, 9.17) is 9.47 Å². The first kappa shape index (κ1) is 24.0. The number of rotatable bonds is 8. The van der Waals surface area contributed by atoms with Gasteiger partial charge in [-0.15, -0.1) is 3.89 Å². The van der Waals surface area contributed by atoms with Gasteiger partial charge in [-0.25, -0.2) is 4.79 Å². The highest BCUT2D eigenvalue weighted by atomic mass is 32.2. The van der Waals surface area contributed by atoms with Crippen LogP contribution in [0.4, 0.5) is 8.68 Å². The zero-order chi connectivity index (χ0) is 21.6. The highest BCUT2D eigenvalue weighted by Gasteiger charge is 2.29. The molecule has 1 aliphatic rings. The van der Waals surface area contributed by atoms with Gasteiger partial charge >= 0.3 is 6.09 Å². The SMILES string of the molecule is CC[C@H](c1nn(SF)cc1C)[C@H](COC1CCN(C(=O)OC(C)(C)C)CC1)NC. The number of likely N-dealkylation sites (N-methyl/N-ethyl adjacent to an activating group) is 1. The third kappa shape index (κ3) is 6.86. The van der Waals surface area contributed by atoms with E-state index in [1.54, 1.807) is 11.1 Å². The molecule has 0 unspecified atom stereocenters. The zero-order valence-electron chi connectivity index (χ0n) is 18.4. The predicted molar refractivity (Wildman–Crippen MR) is 114 cm³/mol. The van der Waals surface area contributed by atoms with E-state index in [2.05, 4.69) is 17.3 Å². The molecule has 1 fully saturated rings. The van der Waals surface area contributed by atoms with Crippen molar-refractivity contribution in [3.05, 3.63) is 17.5 Å². The first-order valence-corrected chi connectivity index (χ1v) is 11.0. The zero-order valence-corrected chi connectivity index (χ0v) is 19.2. The van der Waals surface area contributed by atoms with Crippen LogP contribution in [0.5, 0.6) is 0 Å². The summed E-state index contributed by atoms with van der Waals surface area (Å²) >= 11 is 0.104. The van der Waals surface area contributed by atoms with Gasteiger partial charge in [-0.1, -0.05) is 6.92 Å². The first-order chi connectivity index (χ1) is 13.7. The number of nitrogens with zero attached hydrogens (tertiary/aromatic N) is 3. The number of carbonyl (C=O) groups is 1. The van der Waals surface area contributed by atoms with E-state index in [9.17, 15) is 8.68 Å². The fraction of sp³-hybridized carbons (Fsp3) is 0.800. The lowest BCUT2D eigenvalue weighted by molar-refractivity contribution is -0.0182. The van der Waals surface area contributed by atoms with Crippen molar-refractivity contribution in [1.82, 2.24) is 19.4 Å². The summed E-state index contributed by atoms with van der Waals surface area (Å²) in [7, 11) is 1.91. The minimum Gasteiger partial charge on any atom is -0.444 e. The standard InChI is InChI=1S/C20H35FN4O3S/c1-7-16(18-14(2)12-25(23-18)29-21)17(22-6)13-27-15-8-10-24(11-9-15)19(26)28-20(3,4)5/h12,15-17,22H,7-11,13H2,1-6H3/t16-,17-/m0/s1. The Hall–Kier alpha value is -1.32. The maximum absolute atomic E-state index is 12.9. The molecule has 7 nitrogen and oxygen atoms in total. The molecule has 29 heavy (non-hydrogen) atoms. The van der Waals surface area contributed by atoms with E-state index in [1.165, 1.54) is 4.09 Å². The number of nitrogens with one attached hydrogen (secondary N) is 1. The number of likely N-dealkylation sites (tertiary alicyclic amines) is 1. The molecule has 0 saturated carbocycles. The van der Waals surface area contributed by atoms with Crippen LogP contribution in [0, 0.1) is 6.92 Å². The molecule has 1 aliphatic heterocycles. The molecule has 2 heterocycles. The van der Waals surface area contributed by atoms with Crippen molar-refractivity contribution in [1.29, 1.82) is 0 Å². The molecule has 1 amide bonds. The van der Waals surface area contributed by atoms with Crippen LogP contribution < -0.4 is 5.32 Å². The number of ether oxygens (including phenoxy) is 2. The molecule has 1 N–H and O–H groups in total. The monoisotopic (exact) mass is 430 g/mol. The quantitative estimate of drug-likeness (QED) is 0.671. The van der Waals surface area contributed by atoms with Crippen LogP contribution in [-0.2, 0) is 9.47 Å². The van der Waals surface area contributed by atoms with Crippen LogP contribution in [0.3, 0.4) is 0 Å². The summed E-state index contributed by atoms with van der Waals surface area (Å²) in [5.74, 6) is 0.134. The summed E-state index contributed by atoms with van der Waals surface area (Å²) in [5, 5.41) is 7.71. The van der Waals surface area contributed by atoms with Crippen molar-refractivity contribution in [2.24, 2.45) is 0 Å². The fourth-order valence-corrected chi connectivity index (χ4v) is 4.00. The third-order valence-electron chi connectivity index (χ3n) is 5.24. The van der Waals surface area contributed by atoms with Gasteiger partial charge in [0.2, 0.25) is 0 Å². The predicted octanol–water partition coefficient (Wildman–Crippen LogP) is 4.07. The summed E-state index contributed by atoms with van der Waals surface area (Å²) in [4.78, 5) is 13.9. The van der Waals surface area contributed by atoms with E-state index >= 15 is 0 Å². The van der Waals surface area contributed by atoms with Gasteiger partial charge in [-0.3, -0.25) is 0 Å². The Kier molecular flexibility index (Phi) is 8.78. The largest absolute Gasteiger partial charge is 0.444 e. The summed E-state index contributed by atoms with van der Waals surface area (Å²) < 4.78 is 25.8. The highest BCUT2D eigenvalue weighted by molar-refractivity contribution is 7.92. The van der Waals surface area contributed by atoms with E-state index < -0.39 is 5.60 Å². The third-order valence-corrected chi connectivity index (χ3v) is 5.57. The molecule has 1 saturated heterocycles. The van der Waals surface area contributed by atoms with Crippen molar-refractivity contribution in [2.45, 2.75) is 77.5 Å². The van der Waals surface area contributed by atoms with Gasteiger partial charge in [0.15, 0.2) is 12.3 Å². The number of carbonyl (C=O) groups excluding carboxylic acids is 1. The summed E-state index contributed by atoms with van der Waals surface area (Å²) in [6.45, 7) is 11.5. The molecule has 166 valence electrons. The molecule has 0 aliphatic carbocycles. The first-order valence-electron chi connectivity index (χ1n) is 10.3. The Bertz CT molecular complexity index is 657. The Morgan fingerprint density at radius 1 is 1.41 bits per heavy atom. The number of amides is 1. The summed E-state index contributed by atoms with van der Waals surface area (Å²) in [6.07, 6.45) is 4.02. The lowest BCUT2D eigenvalue weighted by Gasteiger charge is -2.34. The number of piperidine rings is 1. The Morgan fingerprint density at radius 3 is 2.55 bits per heavy atom. The molecule has 9 heteroatoms. The maximum atomic E-state index is 12.9. The molecular weight excluding hydrogens is 395 g/mol. The van der Waals surface area contributed by atoms with Crippen LogP contribution in [0.15, 0.2) is 6.20 Å². The number of hydrogen-bond donors (Lipinski definition) is 1. The topological polar surface area (TPSA) is 68.6 Å². The van der Waals surface area contributed by atoms with Crippen molar-refractivity contribution in [2.75, 3.05) is 26.7 Å². The second-order valence-corrected chi connectivity index (χ2v) is 9.09. The van der Waals surface area contributed by atoms with Gasteiger partial charge in [-0.05, 0) is 59.6 Å². The summed E-state index contributed by atoms with van der Waals surface area (Å²) in [5.41, 5.74) is 1.40. The molecule has 1 aromatic heterocycles. The Labute approximate surface area is 178 Å². The molecule has 0 aromatic carbocycles. The van der Waals surface area contributed by atoms with Gasteiger partial charge in [0.1, 0.15) is 5.60 Å². The van der Waals surface area contributed by atoms with Gasteiger partial charge in [0, 0.05) is 31.2 Å². The van der Waals surface area contributed by atoms with Gasteiger partial charge < -0.3 is 19.7 Å². The second kappa shape index (κ2) is 10.6. The summed E-state index contributed by atoms with van der Waals surface area (Å²) in [6, 6.07) is 0.0792. The van der Waals surface area contributed by atoms with Crippen LogP contribution in [-0.4, -0.2) is 64.7 Å². The fourth-order valence-electron chi connectivity index (χ4n) is 3.69. The van der Waals surface area contributed by atoms with E-state index in [0.29, 0.717) is 19.7 Å². The molecule has 0 bridgehead atoms. The molecule has 2 atom stereocenters. The van der Waals surface area contributed by atoms with Crippen LogP contribution in [0.25, 0.3) is 0 Å².